The van der Waals surface area contributed by atoms with E-state index >= 15 is 0 Å². The predicted octanol–water partition coefficient (Wildman–Crippen LogP) is 5.43. The summed E-state index contributed by atoms with van der Waals surface area (Å²) in [5.74, 6) is 1.88. The van der Waals surface area contributed by atoms with Crippen LogP contribution in [0.4, 0.5) is 0 Å². The second-order valence-electron chi connectivity index (χ2n) is 7.49. The maximum atomic E-state index is 5.89. The van der Waals surface area contributed by atoms with Crippen molar-refractivity contribution in [2.75, 3.05) is 0 Å². The Balaban J connectivity index is 2.07. The second kappa shape index (κ2) is 6.49. The molecule has 0 saturated carbocycles. The van der Waals surface area contributed by atoms with Gasteiger partial charge >= 0.3 is 0 Å². The molecule has 23 heavy (non-hydrogen) atoms. The lowest BCUT2D eigenvalue weighted by Gasteiger charge is -2.34. The van der Waals surface area contributed by atoms with E-state index in [2.05, 4.69) is 64.1 Å². The van der Waals surface area contributed by atoms with Gasteiger partial charge < -0.3 is 5.73 Å². The zero-order chi connectivity index (χ0) is 16.6. The summed E-state index contributed by atoms with van der Waals surface area (Å²) in [5.41, 5.74) is 14.5. The summed E-state index contributed by atoms with van der Waals surface area (Å²) in [6.45, 7) is 9.74. The van der Waals surface area contributed by atoms with Gasteiger partial charge in [0.1, 0.15) is 0 Å². The van der Waals surface area contributed by atoms with Gasteiger partial charge in [-0.25, -0.2) is 0 Å². The fourth-order valence-corrected chi connectivity index (χ4v) is 4.07. The van der Waals surface area contributed by atoms with E-state index in [1.165, 1.54) is 46.2 Å². The van der Waals surface area contributed by atoms with E-state index in [9.17, 15) is 0 Å². The van der Waals surface area contributed by atoms with Crippen LogP contribution < -0.4 is 5.73 Å². The van der Waals surface area contributed by atoms with Crippen LogP contribution in [0.15, 0.2) is 36.4 Å². The van der Waals surface area contributed by atoms with Crippen LogP contribution in [-0.4, -0.2) is 0 Å². The zero-order valence-corrected chi connectivity index (χ0v) is 14.9. The van der Waals surface area contributed by atoms with Crippen LogP contribution in [0.5, 0.6) is 0 Å². The topological polar surface area (TPSA) is 26.0 Å². The molecule has 3 rings (SSSR count). The van der Waals surface area contributed by atoms with Crippen molar-refractivity contribution in [3.63, 3.8) is 0 Å². The molecule has 0 spiro atoms. The molecule has 0 aliphatic heterocycles. The van der Waals surface area contributed by atoms with Crippen LogP contribution in [0.1, 0.15) is 71.9 Å². The van der Waals surface area contributed by atoms with Crippen molar-refractivity contribution in [1.29, 1.82) is 0 Å². The molecule has 0 fully saturated rings. The van der Waals surface area contributed by atoms with Crippen molar-refractivity contribution in [2.24, 2.45) is 11.7 Å². The van der Waals surface area contributed by atoms with Gasteiger partial charge in [0.15, 0.2) is 0 Å². The highest BCUT2D eigenvalue weighted by Gasteiger charge is 2.30. The number of benzene rings is 2. The number of hydrogen-bond acceptors (Lipinski definition) is 1. The Hall–Kier alpha value is -1.60. The van der Waals surface area contributed by atoms with Crippen LogP contribution in [0.2, 0.25) is 0 Å². The molecule has 2 unspecified atom stereocenters. The first-order valence-electron chi connectivity index (χ1n) is 8.91. The van der Waals surface area contributed by atoms with E-state index < -0.39 is 0 Å². The molecular formula is C22H29N. The molecule has 2 aromatic carbocycles. The van der Waals surface area contributed by atoms with Gasteiger partial charge in [-0.2, -0.15) is 0 Å². The van der Waals surface area contributed by atoms with E-state index in [1.807, 2.05) is 0 Å². The SMILES string of the molecule is Cc1ccc(C2CCC(C(C)C)c3cc(CN)ccc32)cc1C. The van der Waals surface area contributed by atoms with Gasteiger partial charge in [0.25, 0.3) is 0 Å². The Kier molecular flexibility index (Phi) is 4.59. The first kappa shape index (κ1) is 16.3. The van der Waals surface area contributed by atoms with Crippen LogP contribution in [0, 0.1) is 19.8 Å². The first-order chi connectivity index (χ1) is 11.0. The van der Waals surface area contributed by atoms with E-state index in [0.29, 0.717) is 24.3 Å². The number of aryl methyl sites for hydroxylation is 2. The number of fused-ring (bicyclic) bond motifs is 1. The quantitative estimate of drug-likeness (QED) is 0.804. The standard InChI is InChI=1S/C22H29N/c1-14(2)19-9-10-20(18-7-5-15(3)16(4)11-18)21-8-6-17(13-23)12-22(19)21/h5-8,11-12,14,19-20H,9-10,13,23H2,1-4H3. The van der Waals surface area contributed by atoms with E-state index in [-0.39, 0.29) is 0 Å². The molecule has 1 nitrogen and oxygen atoms in total. The smallest absolute Gasteiger partial charge is 0.0178 e. The van der Waals surface area contributed by atoms with Gasteiger partial charge in [-0.15, -0.1) is 0 Å². The highest BCUT2D eigenvalue weighted by molar-refractivity contribution is 5.45. The molecule has 122 valence electrons. The summed E-state index contributed by atoms with van der Waals surface area (Å²) in [5, 5.41) is 0. The molecule has 2 aromatic rings. The zero-order valence-electron chi connectivity index (χ0n) is 14.9. The predicted molar refractivity (Wildman–Crippen MR) is 98.9 cm³/mol. The number of hydrogen-bond donors (Lipinski definition) is 1. The average Bonchev–Trinajstić information content (AvgIpc) is 2.55. The maximum Gasteiger partial charge on any atom is 0.0178 e. The van der Waals surface area contributed by atoms with Gasteiger partial charge in [-0.1, -0.05) is 50.2 Å². The fraction of sp³-hybridized carbons (Fsp3) is 0.455. The van der Waals surface area contributed by atoms with Crippen LogP contribution in [0.25, 0.3) is 0 Å². The Labute approximate surface area is 140 Å². The maximum absolute atomic E-state index is 5.89. The molecule has 0 bridgehead atoms. The Bertz CT molecular complexity index is 699. The Morgan fingerprint density at radius 3 is 2.39 bits per heavy atom. The third-order valence-corrected chi connectivity index (χ3v) is 5.67. The molecule has 0 aromatic heterocycles. The van der Waals surface area contributed by atoms with Crippen molar-refractivity contribution in [3.8, 4) is 0 Å². The van der Waals surface area contributed by atoms with Crippen molar-refractivity contribution < 1.29 is 0 Å². The lowest BCUT2D eigenvalue weighted by Crippen LogP contribution is -2.19. The Morgan fingerprint density at radius 1 is 0.957 bits per heavy atom. The van der Waals surface area contributed by atoms with Crippen molar-refractivity contribution in [1.82, 2.24) is 0 Å². The van der Waals surface area contributed by atoms with Crippen LogP contribution in [0.3, 0.4) is 0 Å². The average molecular weight is 307 g/mol. The summed E-state index contributed by atoms with van der Waals surface area (Å²) >= 11 is 0. The molecule has 0 heterocycles. The molecule has 1 aliphatic carbocycles. The lowest BCUT2D eigenvalue weighted by molar-refractivity contribution is 0.417. The summed E-state index contributed by atoms with van der Waals surface area (Å²) in [7, 11) is 0. The van der Waals surface area contributed by atoms with E-state index in [1.54, 1.807) is 0 Å². The molecule has 0 saturated heterocycles. The monoisotopic (exact) mass is 307 g/mol. The summed E-state index contributed by atoms with van der Waals surface area (Å²) in [6.07, 6.45) is 2.52. The highest BCUT2D eigenvalue weighted by atomic mass is 14.5. The van der Waals surface area contributed by atoms with Gasteiger partial charge in [-0.3, -0.25) is 0 Å². The molecule has 1 heteroatoms. The van der Waals surface area contributed by atoms with Gasteiger partial charge in [-0.05, 0) is 71.9 Å². The lowest BCUT2D eigenvalue weighted by atomic mass is 9.70. The minimum Gasteiger partial charge on any atom is -0.326 e. The molecule has 2 N–H and O–H groups in total. The van der Waals surface area contributed by atoms with Gasteiger partial charge in [0.2, 0.25) is 0 Å². The normalized spacial score (nSPS) is 20.6. The third-order valence-electron chi connectivity index (χ3n) is 5.67. The van der Waals surface area contributed by atoms with Crippen LogP contribution in [-0.2, 0) is 6.54 Å². The first-order valence-corrected chi connectivity index (χ1v) is 8.91. The second-order valence-corrected chi connectivity index (χ2v) is 7.49. The van der Waals surface area contributed by atoms with Crippen LogP contribution >= 0.6 is 0 Å². The molecule has 0 amide bonds. The number of nitrogens with two attached hydrogens (primary N) is 1. The van der Waals surface area contributed by atoms with Crippen molar-refractivity contribution in [2.45, 2.75) is 58.9 Å². The highest BCUT2D eigenvalue weighted by Crippen LogP contribution is 2.45. The number of rotatable bonds is 3. The van der Waals surface area contributed by atoms with Crippen molar-refractivity contribution >= 4 is 0 Å². The molecular weight excluding hydrogens is 278 g/mol. The molecule has 2 atom stereocenters. The summed E-state index contributed by atoms with van der Waals surface area (Å²) in [4.78, 5) is 0. The molecule has 1 aliphatic rings. The summed E-state index contributed by atoms with van der Waals surface area (Å²) in [6, 6.07) is 13.9. The largest absolute Gasteiger partial charge is 0.326 e. The Morgan fingerprint density at radius 2 is 1.74 bits per heavy atom. The minimum absolute atomic E-state index is 0.533. The minimum atomic E-state index is 0.533. The van der Waals surface area contributed by atoms with E-state index in [4.69, 9.17) is 5.73 Å². The molecule has 0 radical (unpaired) electrons. The van der Waals surface area contributed by atoms with Crippen molar-refractivity contribution in [3.05, 3.63) is 69.8 Å². The summed E-state index contributed by atoms with van der Waals surface area (Å²) < 4.78 is 0. The van der Waals surface area contributed by atoms with Gasteiger partial charge in [0.05, 0.1) is 0 Å². The van der Waals surface area contributed by atoms with E-state index in [0.717, 1.165) is 0 Å². The fourth-order valence-electron chi connectivity index (χ4n) is 4.07. The third kappa shape index (κ3) is 3.07. The van der Waals surface area contributed by atoms with Gasteiger partial charge in [0, 0.05) is 12.5 Å².